The lowest BCUT2D eigenvalue weighted by Crippen LogP contribution is -2.20. The van der Waals surface area contributed by atoms with Crippen LogP contribution in [0.3, 0.4) is 0 Å². The fraction of sp³-hybridized carbons (Fsp3) is 0.400. The molecule has 1 heterocycles. The number of halogens is 3. The summed E-state index contributed by atoms with van der Waals surface area (Å²) >= 11 is 3.08. The molecule has 1 aromatic rings. The van der Waals surface area contributed by atoms with Gasteiger partial charge in [0.25, 0.3) is 0 Å². The van der Waals surface area contributed by atoms with Gasteiger partial charge in [-0.05, 0) is 35.0 Å². The summed E-state index contributed by atoms with van der Waals surface area (Å²) in [5, 5.41) is 3.11. The highest BCUT2D eigenvalue weighted by atomic mass is 79.9. The second-order valence-electron chi connectivity index (χ2n) is 3.43. The third-order valence-electron chi connectivity index (χ3n) is 2.26. The maximum Gasteiger partial charge on any atom is 0.169 e. The third-order valence-corrected chi connectivity index (χ3v) is 2.85. The molecule has 0 aliphatic carbocycles. The first kappa shape index (κ1) is 10.8. The normalized spacial score (nSPS) is 20.6. The van der Waals surface area contributed by atoms with Crippen molar-refractivity contribution in [3.8, 4) is 5.75 Å². The molecule has 1 aromatic carbocycles. The summed E-state index contributed by atoms with van der Waals surface area (Å²) < 4.78 is 31.9. The average Bonchev–Trinajstić information content (AvgIpc) is 2.63. The number of hydrogen-bond donors (Lipinski definition) is 1. The Hall–Kier alpha value is -0.680. The van der Waals surface area contributed by atoms with E-state index in [1.165, 1.54) is 6.07 Å². The minimum Gasteiger partial charge on any atom is -0.485 e. The van der Waals surface area contributed by atoms with Crippen molar-refractivity contribution in [2.75, 3.05) is 13.1 Å². The van der Waals surface area contributed by atoms with Crippen LogP contribution in [0.15, 0.2) is 16.6 Å². The number of hydrogen-bond acceptors (Lipinski definition) is 2. The molecule has 15 heavy (non-hydrogen) atoms. The van der Waals surface area contributed by atoms with E-state index in [9.17, 15) is 8.78 Å². The van der Waals surface area contributed by atoms with E-state index in [4.69, 9.17) is 4.74 Å². The van der Waals surface area contributed by atoms with Crippen LogP contribution in [-0.4, -0.2) is 19.2 Å². The number of ether oxygens (including phenoxy) is 1. The van der Waals surface area contributed by atoms with Crippen molar-refractivity contribution in [3.63, 3.8) is 0 Å². The van der Waals surface area contributed by atoms with Gasteiger partial charge in [0.05, 0.1) is 4.47 Å². The Morgan fingerprint density at radius 1 is 1.40 bits per heavy atom. The minimum absolute atomic E-state index is 0.0405. The van der Waals surface area contributed by atoms with Crippen LogP contribution >= 0.6 is 15.9 Å². The lowest BCUT2D eigenvalue weighted by atomic mass is 10.3. The smallest absolute Gasteiger partial charge is 0.169 e. The van der Waals surface area contributed by atoms with Crippen molar-refractivity contribution in [2.24, 2.45) is 0 Å². The topological polar surface area (TPSA) is 21.3 Å². The van der Waals surface area contributed by atoms with E-state index >= 15 is 0 Å². The summed E-state index contributed by atoms with van der Waals surface area (Å²) in [6.07, 6.45) is 0.796. The van der Waals surface area contributed by atoms with Gasteiger partial charge in [-0.3, -0.25) is 0 Å². The maximum atomic E-state index is 13.3. The fourth-order valence-corrected chi connectivity index (χ4v) is 2.04. The third kappa shape index (κ3) is 2.46. The first-order chi connectivity index (χ1) is 7.16. The summed E-state index contributed by atoms with van der Waals surface area (Å²) in [5.74, 6) is -1.20. The van der Waals surface area contributed by atoms with Crippen LogP contribution in [0.4, 0.5) is 8.78 Å². The molecule has 2 rings (SSSR count). The van der Waals surface area contributed by atoms with Gasteiger partial charge in [0, 0.05) is 12.6 Å². The Morgan fingerprint density at radius 2 is 2.20 bits per heavy atom. The van der Waals surface area contributed by atoms with E-state index in [1.54, 1.807) is 0 Å². The summed E-state index contributed by atoms with van der Waals surface area (Å²) in [5.41, 5.74) is 0. The monoisotopic (exact) mass is 277 g/mol. The van der Waals surface area contributed by atoms with Gasteiger partial charge in [0.2, 0.25) is 0 Å². The van der Waals surface area contributed by atoms with Crippen molar-refractivity contribution >= 4 is 15.9 Å². The van der Waals surface area contributed by atoms with E-state index < -0.39 is 11.6 Å². The molecule has 0 bridgehead atoms. The zero-order valence-corrected chi connectivity index (χ0v) is 9.48. The molecule has 1 atom stereocenters. The van der Waals surface area contributed by atoms with E-state index in [0.29, 0.717) is 11.0 Å². The van der Waals surface area contributed by atoms with Gasteiger partial charge in [-0.25, -0.2) is 8.78 Å². The maximum absolute atomic E-state index is 13.3. The van der Waals surface area contributed by atoms with Gasteiger partial charge in [-0.2, -0.15) is 0 Å². The SMILES string of the molecule is Fc1cc(F)c(O[C@H]2CCNC2)c(Br)c1. The molecule has 1 N–H and O–H groups in total. The summed E-state index contributed by atoms with van der Waals surface area (Å²) in [6.45, 7) is 1.56. The lowest BCUT2D eigenvalue weighted by Gasteiger charge is -2.14. The molecule has 0 saturated carbocycles. The first-order valence-electron chi connectivity index (χ1n) is 4.69. The fourth-order valence-electron chi connectivity index (χ4n) is 1.54. The largest absolute Gasteiger partial charge is 0.485 e. The van der Waals surface area contributed by atoms with E-state index in [0.717, 1.165) is 19.0 Å². The number of nitrogens with one attached hydrogen (secondary N) is 1. The number of benzene rings is 1. The quantitative estimate of drug-likeness (QED) is 0.897. The van der Waals surface area contributed by atoms with Gasteiger partial charge in [-0.15, -0.1) is 0 Å². The second kappa shape index (κ2) is 4.45. The van der Waals surface area contributed by atoms with Crippen LogP contribution in [-0.2, 0) is 0 Å². The lowest BCUT2D eigenvalue weighted by molar-refractivity contribution is 0.211. The molecule has 1 aliphatic rings. The molecule has 1 fully saturated rings. The molecule has 1 aliphatic heterocycles. The molecule has 0 spiro atoms. The van der Waals surface area contributed by atoms with Crippen LogP contribution in [0.1, 0.15) is 6.42 Å². The van der Waals surface area contributed by atoms with E-state index in [1.807, 2.05) is 0 Å². The second-order valence-corrected chi connectivity index (χ2v) is 4.29. The Morgan fingerprint density at radius 3 is 2.80 bits per heavy atom. The molecule has 1 saturated heterocycles. The van der Waals surface area contributed by atoms with Crippen molar-refractivity contribution in [3.05, 3.63) is 28.2 Å². The Kier molecular flexibility index (Phi) is 3.21. The van der Waals surface area contributed by atoms with Crippen LogP contribution < -0.4 is 10.1 Å². The molecule has 0 amide bonds. The number of rotatable bonds is 2. The van der Waals surface area contributed by atoms with Crippen molar-refractivity contribution < 1.29 is 13.5 Å². The van der Waals surface area contributed by atoms with Gasteiger partial charge in [0.15, 0.2) is 11.6 Å². The Balaban J connectivity index is 2.19. The zero-order chi connectivity index (χ0) is 10.8. The molecule has 0 aromatic heterocycles. The van der Waals surface area contributed by atoms with E-state index in [2.05, 4.69) is 21.2 Å². The van der Waals surface area contributed by atoms with Crippen molar-refractivity contribution in [1.29, 1.82) is 0 Å². The summed E-state index contributed by atoms with van der Waals surface area (Å²) in [4.78, 5) is 0. The standard InChI is InChI=1S/C10H10BrF2NO/c11-8-3-6(12)4-9(13)10(8)15-7-1-2-14-5-7/h3-4,7,14H,1-2,5H2/t7-/m0/s1. The molecule has 0 radical (unpaired) electrons. The predicted molar refractivity (Wildman–Crippen MR) is 56.0 cm³/mol. The molecule has 0 unspecified atom stereocenters. The summed E-state index contributed by atoms with van der Waals surface area (Å²) in [7, 11) is 0. The Labute approximate surface area is 94.7 Å². The van der Waals surface area contributed by atoms with Gasteiger partial charge < -0.3 is 10.1 Å². The van der Waals surface area contributed by atoms with Crippen molar-refractivity contribution in [1.82, 2.24) is 5.32 Å². The minimum atomic E-state index is -0.672. The van der Waals surface area contributed by atoms with Crippen LogP contribution in [0.5, 0.6) is 5.75 Å². The van der Waals surface area contributed by atoms with Crippen molar-refractivity contribution in [2.45, 2.75) is 12.5 Å². The molecular weight excluding hydrogens is 268 g/mol. The highest BCUT2D eigenvalue weighted by Gasteiger charge is 2.19. The van der Waals surface area contributed by atoms with Gasteiger partial charge >= 0.3 is 0 Å². The molecule has 5 heteroatoms. The predicted octanol–water partition coefficient (Wildman–Crippen LogP) is 2.47. The van der Waals surface area contributed by atoms with E-state index in [-0.39, 0.29) is 11.9 Å². The van der Waals surface area contributed by atoms with Crippen LogP contribution in [0, 0.1) is 11.6 Å². The zero-order valence-electron chi connectivity index (χ0n) is 7.90. The van der Waals surface area contributed by atoms with Gasteiger partial charge in [0.1, 0.15) is 11.9 Å². The molecular formula is C10H10BrF2NO. The average molecular weight is 278 g/mol. The first-order valence-corrected chi connectivity index (χ1v) is 5.48. The summed E-state index contributed by atoms with van der Waals surface area (Å²) in [6, 6.07) is 2.02. The van der Waals surface area contributed by atoms with Crippen LogP contribution in [0.25, 0.3) is 0 Å². The van der Waals surface area contributed by atoms with Crippen LogP contribution in [0.2, 0.25) is 0 Å². The molecule has 82 valence electrons. The van der Waals surface area contributed by atoms with Gasteiger partial charge in [-0.1, -0.05) is 0 Å². The highest BCUT2D eigenvalue weighted by Crippen LogP contribution is 2.30. The molecule has 2 nitrogen and oxygen atoms in total. The Bertz CT molecular complexity index is 343. The highest BCUT2D eigenvalue weighted by molar-refractivity contribution is 9.10.